The Balaban J connectivity index is 2.33. The molecule has 88 valence electrons. The molecule has 0 saturated heterocycles. The zero-order valence-corrected chi connectivity index (χ0v) is 10.00. The van der Waals surface area contributed by atoms with Gasteiger partial charge in [0.15, 0.2) is 0 Å². The van der Waals surface area contributed by atoms with Crippen LogP contribution in [-0.4, -0.2) is 12.1 Å². The van der Waals surface area contributed by atoms with E-state index >= 15 is 0 Å². The maximum atomic E-state index is 9.16. The topological polar surface area (TPSA) is 45.9 Å². The quantitative estimate of drug-likeness (QED) is 0.769. The number of methoxy groups -OCH3 is 1. The zero-order valence-electron chi connectivity index (χ0n) is 10.00. The van der Waals surface area contributed by atoms with Crippen molar-refractivity contribution in [1.82, 2.24) is 4.98 Å². The van der Waals surface area contributed by atoms with Gasteiger partial charge in [0, 0.05) is 6.20 Å². The number of hydrogen-bond donors (Lipinski definition) is 0. The number of benzene rings is 1. The molecule has 0 spiro atoms. The van der Waals surface area contributed by atoms with E-state index in [1.165, 1.54) is 0 Å². The third-order valence-corrected chi connectivity index (χ3v) is 2.49. The minimum absolute atomic E-state index is 0.542. The lowest BCUT2D eigenvalue weighted by atomic mass is 10.1. The van der Waals surface area contributed by atoms with Crippen LogP contribution in [0, 0.1) is 11.3 Å². The fraction of sp³-hybridized carbons (Fsp3) is 0.0667. The summed E-state index contributed by atoms with van der Waals surface area (Å²) in [4.78, 5) is 4.16. The highest BCUT2D eigenvalue weighted by atomic mass is 16.5. The second kappa shape index (κ2) is 5.65. The van der Waals surface area contributed by atoms with Crippen LogP contribution in [0.2, 0.25) is 0 Å². The van der Waals surface area contributed by atoms with Crippen LogP contribution in [0.25, 0.3) is 11.6 Å². The van der Waals surface area contributed by atoms with E-state index in [-0.39, 0.29) is 0 Å². The summed E-state index contributed by atoms with van der Waals surface area (Å²) in [5.74, 6) is 0.795. The van der Waals surface area contributed by atoms with Gasteiger partial charge in [0.25, 0.3) is 0 Å². The summed E-state index contributed by atoms with van der Waals surface area (Å²) >= 11 is 0. The first-order valence-corrected chi connectivity index (χ1v) is 5.51. The molecule has 0 amide bonds. The van der Waals surface area contributed by atoms with E-state index in [0.29, 0.717) is 11.3 Å². The maximum absolute atomic E-state index is 9.16. The highest BCUT2D eigenvalue weighted by Crippen LogP contribution is 2.17. The fourth-order valence-electron chi connectivity index (χ4n) is 1.55. The molecule has 0 atom stereocenters. The van der Waals surface area contributed by atoms with E-state index in [2.05, 4.69) is 11.1 Å². The predicted molar refractivity (Wildman–Crippen MR) is 70.7 cm³/mol. The summed E-state index contributed by atoms with van der Waals surface area (Å²) in [6.45, 7) is 0. The van der Waals surface area contributed by atoms with Crippen LogP contribution in [0.3, 0.4) is 0 Å². The monoisotopic (exact) mass is 236 g/mol. The molecule has 1 aromatic carbocycles. The molecule has 1 heterocycles. The lowest BCUT2D eigenvalue weighted by Gasteiger charge is -2.01. The van der Waals surface area contributed by atoms with Crippen LogP contribution in [0.15, 0.2) is 48.7 Å². The summed E-state index contributed by atoms with van der Waals surface area (Å²) in [6, 6.07) is 15.2. The molecule has 18 heavy (non-hydrogen) atoms. The van der Waals surface area contributed by atoms with Crippen LogP contribution >= 0.6 is 0 Å². The molecule has 0 fully saturated rings. The summed E-state index contributed by atoms with van der Waals surface area (Å²) in [6.07, 6.45) is 3.48. The lowest BCUT2D eigenvalue weighted by molar-refractivity contribution is 0.415. The second-order valence-electron chi connectivity index (χ2n) is 3.66. The third kappa shape index (κ3) is 2.74. The molecule has 0 aliphatic rings. The Morgan fingerprint density at radius 1 is 1.22 bits per heavy atom. The van der Waals surface area contributed by atoms with E-state index in [1.807, 2.05) is 48.5 Å². The van der Waals surface area contributed by atoms with Gasteiger partial charge in [-0.15, -0.1) is 0 Å². The standard InChI is InChI=1S/C15H12N2O/c1-18-14-7-5-12(6-8-14)10-13(11-16)15-4-2-3-9-17-15/h2-10H,1H3. The molecule has 0 radical (unpaired) electrons. The van der Waals surface area contributed by atoms with Crippen molar-refractivity contribution in [2.75, 3.05) is 7.11 Å². The van der Waals surface area contributed by atoms with E-state index < -0.39 is 0 Å². The number of hydrogen-bond acceptors (Lipinski definition) is 3. The van der Waals surface area contributed by atoms with Crippen LogP contribution in [0.1, 0.15) is 11.3 Å². The fourth-order valence-corrected chi connectivity index (χ4v) is 1.55. The molecule has 0 bridgehead atoms. The Kier molecular flexibility index (Phi) is 3.72. The molecule has 0 aliphatic carbocycles. The van der Waals surface area contributed by atoms with E-state index in [9.17, 15) is 0 Å². The average molecular weight is 236 g/mol. The molecule has 0 N–H and O–H groups in total. The molecule has 0 aliphatic heterocycles. The molecular weight excluding hydrogens is 224 g/mol. The van der Waals surface area contributed by atoms with Crippen molar-refractivity contribution in [3.05, 3.63) is 59.9 Å². The molecule has 0 unspecified atom stereocenters. The predicted octanol–water partition coefficient (Wildman–Crippen LogP) is 3.15. The molecule has 3 nitrogen and oxygen atoms in total. The van der Waals surface area contributed by atoms with Gasteiger partial charge in [-0.05, 0) is 35.9 Å². The van der Waals surface area contributed by atoms with Gasteiger partial charge in [-0.2, -0.15) is 5.26 Å². The Bertz CT molecular complexity index is 580. The first kappa shape index (κ1) is 11.9. The maximum Gasteiger partial charge on any atom is 0.118 e. The van der Waals surface area contributed by atoms with Crippen molar-refractivity contribution in [2.24, 2.45) is 0 Å². The number of ether oxygens (including phenoxy) is 1. The summed E-state index contributed by atoms with van der Waals surface area (Å²) < 4.78 is 5.09. The van der Waals surface area contributed by atoms with Gasteiger partial charge in [0.05, 0.1) is 18.4 Å². The number of nitriles is 1. The van der Waals surface area contributed by atoms with Crippen molar-refractivity contribution >= 4 is 11.6 Å². The van der Waals surface area contributed by atoms with Crippen molar-refractivity contribution in [3.63, 3.8) is 0 Å². The first-order chi connectivity index (χ1) is 8.83. The summed E-state index contributed by atoms with van der Waals surface area (Å²) in [7, 11) is 1.62. The molecule has 1 aromatic heterocycles. The molecule has 2 aromatic rings. The van der Waals surface area contributed by atoms with Gasteiger partial charge in [-0.1, -0.05) is 18.2 Å². The van der Waals surface area contributed by atoms with Crippen molar-refractivity contribution < 1.29 is 4.74 Å². The Morgan fingerprint density at radius 3 is 2.56 bits per heavy atom. The number of pyridine rings is 1. The van der Waals surface area contributed by atoms with E-state index in [1.54, 1.807) is 13.3 Å². The van der Waals surface area contributed by atoms with Gasteiger partial charge in [-0.25, -0.2) is 0 Å². The largest absolute Gasteiger partial charge is 0.497 e. The van der Waals surface area contributed by atoms with Gasteiger partial charge < -0.3 is 4.74 Å². The third-order valence-electron chi connectivity index (χ3n) is 2.49. The highest BCUT2D eigenvalue weighted by Gasteiger charge is 2.01. The number of aromatic nitrogens is 1. The molecule has 0 saturated carbocycles. The second-order valence-corrected chi connectivity index (χ2v) is 3.66. The number of rotatable bonds is 3. The zero-order chi connectivity index (χ0) is 12.8. The SMILES string of the molecule is COc1ccc(C=C(C#N)c2ccccn2)cc1. The van der Waals surface area contributed by atoms with Gasteiger partial charge >= 0.3 is 0 Å². The molecule has 2 rings (SSSR count). The minimum atomic E-state index is 0.542. The van der Waals surface area contributed by atoms with Crippen molar-refractivity contribution in [2.45, 2.75) is 0 Å². The Morgan fingerprint density at radius 2 is 2.00 bits per heavy atom. The lowest BCUT2D eigenvalue weighted by Crippen LogP contribution is -1.86. The smallest absolute Gasteiger partial charge is 0.118 e. The first-order valence-electron chi connectivity index (χ1n) is 5.51. The van der Waals surface area contributed by atoms with Gasteiger partial charge in [-0.3, -0.25) is 4.98 Å². The van der Waals surface area contributed by atoms with Crippen LogP contribution in [0.5, 0.6) is 5.75 Å². The normalized spacial score (nSPS) is 10.8. The Labute approximate surface area is 106 Å². The summed E-state index contributed by atoms with van der Waals surface area (Å²) in [5.41, 5.74) is 2.16. The minimum Gasteiger partial charge on any atom is -0.497 e. The average Bonchev–Trinajstić information content (AvgIpc) is 2.46. The van der Waals surface area contributed by atoms with Crippen molar-refractivity contribution in [1.29, 1.82) is 5.26 Å². The van der Waals surface area contributed by atoms with E-state index in [0.717, 1.165) is 11.3 Å². The van der Waals surface area contributed by atoms with Gasteiger partial charge in [0.2, 0.25) is 0 Å². The number of nitrogens with zero attached hydrogens (tertiary/aromatic N) is 2. The highest BCUT2D eigenvalue weighted by molar-refractivity contribution is 5.88. The number of allylic oxidation sites excluding steroid dienone is 1. The van der Waals surface area contributed by atoms with E-state index in [4.69, 9.17) is 10.00 Å². The summed E-state index contributed by atoms with van der Waals surface area (Å²) in [5, 5.41) is 9.16. The Hall–Kier alpha value is -2.60. The molecular formula is C15H12N2O. The van der Waals surface area contributed by atoms with Crippen LogP contribution in [0.4, 0.5) is 0 Å². The van der Waals surface area contributed by atoms with Crippen molar-refractivity contribution in [3.8, 4) is 11.8 Å². The van der Waals surface area contributed by atoms with Crippen LogP contribution in [-0.2, 0) is 0 Å². The van der Waals surface area contributed by atoms with Crippen LogP contribution < -0.4 is 4.74 Å². The molecule has 3 heteroatoms. The van der Waals surface area contributed by atoms with Gasteiger partial charge in [0.1, 0.15) is 11.8 Å².